The summed E-state index contributed by atoms with van der Waals surface area (Å²) >= 11 is 0. The Morgan fingerprint density at radius 3 is 1.26 bits per heavy atom. The molecule has 0 fully saturated rings. The summed E-state index contributed by atoms with van der Waals surface area (Å²) in [6.07, 6.45) is 26.1. The van der Waals surface area contributed by atoms with Crippen LogP contribution in [0.2, 0.25) is 0 Å². The third-order valence-corrected chi connectivity index (χ3v) is 4.28. The number of hydrogen-bond acceptors (Lipinski definition) is 0. The largest absolute Gasteiger partial charge is 1.00 e. The van der Waals surface area contributed by atoms with Crippen LogP contribution in [0, 0.1) is 0 Å². The number of hydrogen-bond donors (Lipinski definition) is 0. The standard InChI is InChI=1S/C21H44N.ClH/c1-5-6-7-8-9-10-11-12-13-14-15-16-17-18-19-20-21-22(2,3)4;/h20-21H,5-19H2,1-4H3;1H/q+1;/p-1. The van der Waals surface area contributed by atoms with Gasteiger partial charge in [0.25, 0.3) is 0 Å². The number of quaternary nitrogens is 1. The van der Waals surface area contributed by atoms with Gasteiger partial charge < -0.3 is 16.9 Å². The summed E-state index contributed by atoms with van der Waals surface area (Å²) in [5.41, 5.74) is 0. The topological polar surface area (TPSA) is 0 Å². The molecule has 0 aliphatic heterocycles. The molecule has 0 amide bonds. The van der Waals surface area contributed by atoms with Crippen molar-refractivity contribution < 1.29 is 16.9 Å². The van der Waals surface area contributed by atoms with E-state index in [2.05, 4.69) is 40.3 Å². The molecule has 140 valence electrons. The molecule has 0 saturated carbocycles. The summed E-state index contributed by atoms with van der Waals surface area (Å²) in [6, 6.07) is 0. The lowest BCUT2D eigenvalue weighted by atomic mass is 10.0. The molecule has 0 aromatic carbocycles. The lowest BCUT2D eigenvalue weighted by Gasteiger charge is -2.17. The Morgan fingerprint density at radius 1 is 0.565 bits per heavy atom. The predicted molar refractivity (Wildman–Crippen MR) is 102 cm³/mol. The molecule has 0 aliphatic rings. The van der Waals surface area contributed by atoms with Crippen molar-refractivity contribution in [3.8, 4) is 0 Å². The highest BCUT2D eigenvalue weighted by Gasteiger charge is 1.98. The smallest absolute Gasteiger partial charge is 0.0911 e. The molecule has 2 heteroatoms. The molecular weight excluding hydrogens is 302 g/mol. The molecule has 0 aromatic rings. The van der Waals surface area contributed by atoms with E-state index >= 15 is 0 Å². The van der Waals surface area contributed by atoms with Crippen LogP contribution >= 0.6 is 0 Å². The van der Waals surface area contributed by atoms with Gasteiger partial charge in [0.2, 0.25) is 0 Å². The normalized spacial score (nSPS) is 11.8. The van der Waals surface area contributed by atoms with Crippen LogP contribution in [0.5, 0.6) is 0 Å². The quantitative estimate of drug-likeness (QED) is 0.292. The van der Waals surface area contributed by atoms with Gasteiger partial charge in [0.05, 0.1) is 27.3 Å². The fraction of sp³-hybridized carbons (Fsp3) is 0.905. The van der Waals surface area contributed by atoms with Crippen molar-refractivity contribution in [3.63, 3.8) is 0 Å². The first-order valence-electron chi connectivity index (χ1n) is 10.0. The average molecular weight is 346 g/mol. The summed E-state index contributed by atoms with van der Waals surface area (Å²) < 4.78 is 0.943. The molecule has 0 rings (SSSR count). The van der Waals surface area contributed by atoms with E-state index in [1.165, 1.54) is 96.3 Å². The molecule has 0 heterocycles. The molecule has 0 radical (unpaired) electrons. The van der Waals surface area contributed by atoms with E-state index in [-0.39, 0.29) is 12.4 Å². The van der Waals surface area contributed by atoms with Crippen molar-refractivity contribution in [2.45, 2.75) is 103 Å². The molecule has 0 saturated heterocycles. The van der Waals surface area contributed by atoms with E-state index in [0.717, 1.165) is 4.48 Å². The van der Waals surface area contributed by atoms with Crippen molar-refractivity contribution in [3.05, 3.63) is 12.3 Å². The highest BCUT2D eigenvalue weighted by molar-refractivity contribution is 4.72. The molecule has 0 aliphatic carbocycles. The molecule has 0 N–H and O–H groups in total. The van der Waals surface area contributed by atoms with Gasteiger partial charge >= 0.3 is 0 Å². The Kier molecular flexibility index (Phi) is 20.1. The summed E-state index contributed by atoms with van der Waals surface area (Å²) in [7, 11) is 6.63. The third-order valence-electron chi connectivity index (χ3n) is 4.28. The van der Waals surface area contributed by atoms with Crippen LogP contribution in [0.4, 0.5) is 0 Å². The first-order chi connectivity index (χ1) is 10.6. The molecule has 1 nitrogen and oxygen atoms in total. The van der Waals surface area contributed by atoms with E-state index in [0.29, 0.717) is 0 Å². The Bertz CT molecular complexity index is 243. The van der Waals surface area contributed by atoms with Gasteiger partial charge in [0.15, 0.2) is 0 Å². The number of nitrogens with zero attached hydrogens (tertiary/aromatic N) is 1. The van der Waals surface area contributed by atoms with Gasteiger partial charge in [-0.1, -0.05) is 90.4 Å². The number of rotatable bonds is 16. The summed E-state index contributed by atoms with van der Waals surface area (Å²) in [5.74, 6) is 0. The molecule has 23 heavy (non-hydrogen) atoms. The summed E-state index contributed by atoms with van der Waals surface area (Å²) in [4.78, 5) is 0. The average Bonchev–Trinajstić information content (AvgIpc) is 2.45. The summed E-state index contributed by atoms with van der Waals surface area (Å²) in [5, 5.41) is 0. The molecule has 0 atom stereocenters. The third kappa shape index (κ3) is 24.4. The highest BCUT2D eigenvalue weighted by atomic mass is 35.5. The maximum Gasteiger partial charge on any atom is 0.0911 e. The maximum absolute atomic E-state index is 2.35. The van der Waals surface area contributed by atoms with Gasteiger partial charge in [0, 0.05) is 0 Å². The zero-order valence-corrected chi connectivity index (χ0v) is 17.3. The SMILES string of the molecule is CCCCCCCCCCCCCCCCC=C[N+](C)(C)C.[Cl-]. The van der Waals surface area contributed by atoms with Crippen molar-refractivity contribution in [2.24, 2.45) is 0 Å². The van der Waals surface area contributed by atoms with Crippen molar-refractivity contribution in [1.29, 1.82) is 0 Å². The molecular formula is C21H44ClN. The molecule has 0 aromatic heterocycles. The van der Waals surface area contributed by atoms with Gasteiger partial charge in [-0.2, -0.15) is 0 Å². The monoisotopic (exact) mass is 345 g/mol. The fourth-order valence-corrected chi connectivity index (χ4v) is 2.85. The van der Waals surface area contributed by atoms with Crippen LogP contribution in [0.1, 0.15) is 103 Å². The van der Waals surface area contributed by atoms with Crippen molar-refractivity contribution in [2.75, 3.05) is 21.1 Å². The second-order valence-corrected chi connectivity index (χ2v) is 7.89. The van der Waals surface area contributed by atoms with E-state index < -0.39 is 0 Å². The Morgan fingerprint density at radius 2 is 0.913 bits per heavy atom. The predicted octanol–water partition coefficient (Wildman–Crippen LogP) is 4.08. The number of halogens is 1. The van der Waals surface area contributed by atoms with E-state index in [4.69, 9.17) is 0 Å². The van der Waals surface area contributed by atoms with Gasteiger partial charge in [-0.25, -0.2) is 0 Å². The Hall–Kier alpha value is -0.0100. The van der Waals surface area contributed by atoms with E-state index in [1.807, 2.05) is 0 Å². The van der Waals surface area contributed by atoms with Crippen molar-refractivity contribution >= 4 is 0 Å². The maximum atomic E-state index is 2.35. The first-order valence-corrected chi connectivity index (χ1v) is 10.0. The Balaban J connectivity index is 0. The van der Waals surface area contributed by atoms with Crippen LogP contribution in [0.25, 0.3) is 0 Å². The van der Waals surface area contributed by atoms with Crippen molar-refractivity contribution in [1.82, 2.24) is 0 Å². The van der Waals surface area contributed by atoms with E-state index in [1.54, 1.807) is 0 Å². The fourth-order valence-electron chi connectivity index (χ4n) is 2.85. The van der Waals surface area contributed by atoms with E-state index in [9.17, 15) is 0 Å². The zero-order valence-electron chi connectivity index (χ0n) is 16.6. The lowest BCUT2D eigenvalue weighted by Crippen LogP contribution is -3.00. The molecule has 0 unspecified atom stereocenters. The van der Waals surface area contributed by atoms with Crippen LogP contribution in [-0.4, -0.2) is 25.6 Å². The summed E-state index contributed by atoms with van der Waals surface area (Å²) in [6.45, 7) is 2.29. The van der Waals surface area contributed by atoms with Gasteiger partial charge in [-0.3, -0.25) is 0 Å². The highest BCUT2D eigenvalue weighted by Crippen LogP contribution is 2.13. The minimum Gasteiger partial charge on any atom is -1.00 e. The number of unbranched alkanes of at least 4 members (excludes halogenated alkanes) is 14. The molecule has 0 bridgehead atoms. The first kappa shape index (κ1) is 25.2. The minimum absolute atomic E-state index is 0. The van der Waals surface area contributed by atoms with Crippen LogP contribution in [0.3, 0.4) is 0 Å². The Labute approximate surface area is 153 Å². The zero-order chi connectivity index (χ0) is 16.5. The van der Waals surface area contributed by atoms with Crippen LogP contribution in [0.15, 0.2) is 12.3 Å². The van der Waals surface area contributed by atoms with Crippen LogP contribution < -0.4 is 12.4 Å². The molecule has 0 spiro atoms. The second kappa shape index (κ2) is 18.3. The lowest BCUT2D eigenvalue weighted by molar-refractivity contribution is -0.817. The number of allylic oxidation sites excluding steroid dienone is 1. The minimum atomic E-state index is 0. The van der Waals surface area contributed by atoms with Crippen LogP contribution in [-0.2, 0) is 0 Å². The van der Waals surface area contributed by atoms with Gasteiger partial charge in [-0.15, -0.1) is 0 Å². The van der Waals surface area contributed by atoms with Gasteiger partial charge in [0.1, 0.15) is 0 Å². The second-order valence-electron chi connectivity index (χ2n) is 7.89. The van der Waals surface area contributed by atoms with Gasteiger partial charge in [-0.05, 0) is 18.9 Å².